The van der Waals surface area contributed by atoms with Gasteiger partial charge in [0, 0.05) is 59.4 Å². The Kier molecular flexibility index (Phi) is 28.4. The van der Waals surface area contributed by atoms with E-state index in [4.69, 9.17) is 49.7 Å². The number of imidazole rings is 3. The van der Waals surface area contributed by atoms with E-state index in [1.807, 2.05) is 0 Å². The minimum absolute atomic E-state index is 0.00957. The predicted molar refractivity (Wildman–Crippen MR) is 381 cm³/mol. The summed E-state index contributed by atoms with van der Waals surface area (Å²) in [5.74, 6) is -0.512. The van der Waals surface area contributed by atoms with E-state index < -0.39 is 71.5 Å². The van der Waals surface area contributed by atoms with Crippen LogP contribution in [0.3, 0.4) is 0 Å². The van der Waals surface area contributed by atoms with Crippen molar-refractivity contribution in [3.63, 3.8) is 0 Å². The normalized spacial score (nSPS) is 22.8. The van der Waals surface area contributed by atoms with Crippen LogP contribution in [0.1, 0.15) is 115 Å². The smallest absolute Gasteiger partial charge is 0.333 e. The molecule has 6 aromatic heterocycles. The maximum absolute atomic E-state index is 13.9. The Morgan fingerprint density at radius 3 is 1.23 bits per heavy atom. The van der Waals surface area contributed by atoms with Gasteiger partial charge in [-0.1, -0.05) is 87.5 Å². The summed E-state index contributed by atoms with van der Waals surface area (Å²) in [6.07, 6.45) is -1.21. The second-order valence-electron chi connectivity index (χ2n) is 24.9. The molecule has 9 heterocycles. The lowest BCUT2D eigenvalue weighted by Crippen LogP contribution is -2.45. The molecular formula is C64H104FN17O16Si2. The summed E-state index contributed by atoms with van der Waals surface area (Å²) in [6, 6.07) is 5.92. The molecule has 10 N–H and O–H groups in total. The minimum Gasteiger partial charge on any atom is -0.454 e. The summed E-state index contributed by atoms with van der Waals surface area (Å²) in [4.78, 5) is 103. The number of aliphatic hydroxyl groups excluding tert-OH is 3. The maximum Gasteiger partial charge on any atom is 0.333 e. The molecule has 36 heteroatoms. The highest BCUT2D eigenvalue weighted by Gasteiger charge is 2.51. The summed E-state index contributed by atoms with van der Waals surface area (Å²) in [6.45, 7) is 35.1. The van der Waals surface area contributed by atoms with Crippen LogP contribution < -0.4 is 49.3 Å². The van der Waals surface area contributed by atoms with Crippen molar-refractivity contribution in [1.29, 1.82) is 0 Å². The fourth-order valence-corrected chi connectivity index (χ4v) is 18.7. The van der Waals surface area contributed by atoms with Crippen molar-refractivity contribution in [3.05, 3.63) is 79.8 Å². The number of aromatic nitrogens is 12. The van der Waals surface area contributed by atoms with E-state index in [1.54, 1.807) is 19.2 Å². The van der Waals surface area contributed by atoms with Crippen LogP contribution >= 0.6 is 0 Å². The first-order valence-electron chi connectivity index (χ1n) is 33.8. The second kappa shape index (κ2) is 35.1. The molecule has 6 aromatic rings. The maximum atomic E-state index is 13.9. The van der Waals surface area contributed by atoms with Gasteiger partial charge in [-0.15, -0.1) is 19.7 Å². The molecule has 556 valence electrons. The third-order valence-corrected chi connectivity index (χ3v) is 28.6. The zero-order valence-corrected chi connectivity index (χ0v) is 62.3. The highest BCUT2D eigenvalue weighted by molar-refractivity contribution is 6.74. The number of halogens is 1. The molecule has 3 aliphatic rings. The van der Waals surface area contributed by atoms with Crippen molar-refractivity contribution in [3.8, 4) is 11.8 Å². The average Bonchev–Trinajstić information content (AvgIpc) is 1.59. The number of allylic oxidation sites excluding steroid dienone is 3. The third kappa shape index (κ3) is 16.3. The van der Waals surface area contributed by atoms with E-state index in [2.05, 4.69) is 119 Å². The number of H-pyrrole nitrogens is 1. The van der Waals surface area contributed by atoms with Crippen LogP contribution in [0.4, 0.5) is 22.2 Å². The number of alkyl halides is 1. The zero-order chi connectivity index (χ0) is 74.6. The van der Waals surface area contributed by atoms with E-state index in [0.717, 1.165) is 53.7 Å². The lowest BCUT2D eigenvalue weighted by Gasteiger charge is -2.35. The van der Waals surface area contributed by atoms with Gasteiger partial charge in [-0.2, -0.15) is 24.9 Å². The van der Waals surface area contributed by atoms with E-state index in [9.17, 15) is 48.5 Å². The summed E-state index contributed by atoms with van der Waals surface area (Å²) in [7, 11) is -0.390. The lowest BCUT2D eigenvalue weighted by molar-refractivity contribution is -0.131. The number of carbonyl (C=O) groups is 2. The molecule has 0 spiro atoms. The van der Waals surface area contributed by atoms with Crippen LogP contribution in [0, 0.1) is 11.8 Å². The van der Waals surface area contributed by atoms with Crippen LogP contribution in [0.5, 0.6) is 11.8 Å². The van der Waals surface area contributed by atoms with Crippen molar-refractivity contribution in [1.82, 2.24) is 67.1 Å². The Hall–Kier alpha value is -7.95. The number of nitrogen functional groups attached to an aromatic ring is 3. The molecule has 0 bridgehead atoms. The topological polar surface area (TPSA) is 422 Å². The van der Waals surface area contributed by atoms with Gasteiger partial charge in [0.15, 0.2) is 82.3 Å². The minimum atomic E-state index is -2.03. The van der Waals surface area contributed by atoms with Crippen molar-refractivity contribution < 1.29 is 61.8 Å². The summed E-state index contributed by atoms with van der Waals surface area (Å²) >= 11 is 0. The summed E-state index contributed by atoms with van der Waals surface area (Å²) in [5.41, 5.74) is 17.1. The van der Waals surface area contributed by atoms with Gasteiger partial charge in [-0.3, -0.25) is 37.5 Å². The predicted octanol–water partition coefficient (Wildman–Crippen LogP) is 4.87. The van der Waals surface area contributed by atoms with Crippen molar-refractivity contribution in [2.24, 2.45) is 11.8 Å². The third-order valence-electron chi connectivity index (χ3n) is 19.3. The van der Waals surface area contributed by atoms with Crippen molar-refractivity contribution in [2.45, 2.75) is 213 Å². The number of hydrogen-bond donors (Lipinski definition) is 7. The number of aromatic amines is 1. The van der Waals surface area contributed by atoms with Crippen LogP contribution in [0.25, 0.3) is 33.5 Å². The van der Waals surface area contributed by atoms with E-state index in [1.165, 1.54) is 59.6 Å². The molecular weight excluding hydrogens is 1340 g/mol. The number of nitrogens with two attached hydrogens (primary N) is 3. The standard InChI is InChI=1S/C25H42N6O5Si.C21H35N5O4Si.C17H24N6O7.CH3F/c1-9-14-30-19-21(27-24(26)28-22(19)34-15-29(8)17(7)32)31(25(30)33)23-20(16(6)18(10-2)35-23)36-37(11-3,12-4)13-5;1-7-12-25-15-17(23-20(22)24-18(15)27)26(21(25)28)19-16(13(6)14(8-2)29-19)30-31(9-3,10-4)11-5;1-4-5-22-10-13(19-16(18)20-14(10)29-7-21(3)8(2)25)23(17(22)28)15-12(27)11(26)9(6-24)30-15;1-2/h9,16,18,20,23H,1,10-15H2,2-8H3,(H2,26,27,28);7,13-14,16,19H,1,8-12H2,2-6H3,(H3,22,23,24,27);4,9,11-12,15,24,26-27H,1,5-7H2,2-3H3,(H2,18,19,20);1H3/t16-,18-,20?,23-;13-,14-,16?,19-;9-,11-,12-,15-;/m111./s1. The van der Waals surface area contributed by atoms with E-state index >= 15 is 0 Å². The number of anilines is 3. The molecule has 9 rings (SSSR count). The summed E-state index contributed by atoms with van der Waals surface area (Å²) < 4.78 is 61.3. The molecule has 2 unspecified atom stereocenters. The molecule has 3 fully saturated rings. The highest BCUT2D eigenvalue weighted by atomic mass is 28.4. The molecule has 2 amide bonds. The molecule has 33 nitrogen and oxygen atoms in total. The molecule has 0 aromatic carbocycles. The van der Waals surface area contributed by atoms with Crippen molar-refractivity contribution in [2.75, 3.05) is 58.5 Å². The highest BCUT2D eigenvalue weighted by Crippen LogP contribution is 2.44. The number of nitrogens with zero attached hydrogens (tertiary/aromatic N) is 13. The number of hydrogen-bond acceptors (Lipinski definition) is 24. The Labute approximate surface area is 581 Å². The van der Waals surface area contributed by atoms with Gasteiger partial charge >= 0.3 is 17.1 Å². The van der Waals surface area contributed by atoms with Gasteiger partial charge in [0.25, 0.3) is 5.56 Å². The first kappa shape index (κ1) is 81.0. The molecule has 0 radical (unpaired) electrons. The number of carbonyl (C=O) groups excluding carboxylic acids is 2. The number of nitrogens with one attached hydrogen (secondary N) is 1. The Bertz CT molecular complexity index is 4050. The van der Waals surface area contributed by atoms with E-state index in [0.29, 0.717) is 18.3 Å². The van der Waals surface area contributed by atoms with E-state index in [-0.39, 0.29) is 144 Å². The quantitative estimate of drug-likeness (QED) is 0.0196. The molecule has 3 aliphatic heterocycles. The molecule has 3 saturated heterocycles. The van der Waals surface area contributed by atoms with Crippen LogP contribution in [0.15, 0.2) is 57.1 Å². The number of amides is 2. The molecule has 0 saturated carbocycles. The number of rotatable bonds is 28. The first-order valence-corrected chi connectivity index (χ1v) is 38.9. The van der Waals surface area contributed by atoms with Crippen molar-refractivity contribution >= 4 is 79.8 Å². The second-order valence-corrected chi connectivity index (χ2v) is 34.4. The van der Waals surface area contributed by atoms with Gasteiger partial charge < -0.3 is 74.9 Å². The lowest BCUT2D eigenvalue weighted by atomic mass is 9.99. The van der Waals surface area contributed by atoms with Gasteiger partial charge in [-0.25, -0.2) is 28.1 Å². The van der Waals surface area contributed by atoms with Gasteiger partial charge in [0.05, 0.1) is 38.2 Å². The first-order chi connectivity index (χ1) is 47.5. The van der Waals surface area contributed by atoms with Crippen LogP contribution in [0.2, 0.25) is 36.3 Å². The fourth-order valence-electron chi connectivity index (χ4n) is 12.9. The number of ether oxygens (including phenoxy) is 5. The van der Waals surface area contributed by atoms with Gasteiger partial charge in [-0.05, 0) is 49.1 Å². The number of fused-ring (bicyclic) bond motifs is 3. The van der Waals surface area contributed by atoms with Gasteiger partial charge in [0.1, 0.15) is 18.3 Å². The fraction of sp³-hybridized carbons (Fsp3) is 0.641. The van der Waals surface area contributed by atoms with Gasteiger partial charge in [0.2, 0.25) is 41.4 Å². The summed E-state index contributed by atoms with van der Waals surface area (Å²) in [5, 5.41) is 29.8. The molecule has 0 aliphatic carbocycles. The molecule has 12 atom stereocenters. The Morgan fingerprint density at radius 2 is 0.910 bits per heavy atom. The SMILES string of the molecule is C=CCn1c(=O)n([C@@H]2O[C@H](CC)[C@@H](C)C2O[Si](CC)(CC)CC)c2nc(N)[nH]c(=O)c21.C=CCn1c(=O)n([C@@H]2O[C@H](CC)[C@@H](C)C2O[Si](CC)(CC)CC)c2nc(N)nc(OCN(C)C(C)=O)c21.C=CCn1c(=O)n([C@@H]2O[C@H](CO)[C@@H](O)[C@H]2O)c2nc(N)nc(OCN(C)C(C)=O)c21.CF. The number of aliphatic hydroxyl groups is 3. The average molecular weight is 1440 g/mol. The Morgan fingerprint density at radius 1 is 0.570 bits per heavy atom. The zero-order valence-electron chi connectivity index (χ0n) is 60.3. The monoisotopic (exact) mass is 1440 g/mol. The van der Waals surface area contributed by atoms with Crippen LogP contribution in [-0.2, 0) is 52.3 Å². The molecule has 100 heavy (non-hydrogen) atoms. The Balaban J connectivity index is 0.000000235. The largest absolute Gasteiger partial charge is 0.454 e. The van der Waals surface area contributed by atoms with Crippen LogP contribution in [-0.4, -0.2) is 195 Å².